The molecule has 0 bridgehead atoms. The summed E-state index contributed by atoms with van der Waals surface area (Å²) in [6.07, 6.45) is 3.53. The third-order valence-corrected chi connectivity index (χ3v) is 8.35. The summed E-state index contributed by atoms with van der Waals surface area (Å²) in [7, 11) is -2.44. The lowest BCUT2D eigenvalue weighted by Gasteiger charge is -2.30. The number of hydrogen-bond donors (Lipinski definition) is 1. The number of halogens is 2. The van der Waals surface area contributed by atoms with Crippen molar-refractivity contribution in [3.63, 3.8) is 0 Å². The zero-order valence-electron chi connectivity index (χ0n) is 19.7. The molecule has 1 aliphatic heterocycles. The van der Waals surface area contributed by atoms with Gasteiger partial charge in [-0.05, 0) is 56.2 Å². The molecule has 0 aliphatic carbocycles. The lowest BCUT2D eigenvalue weighted by Crippen LogP contribution is -2.41. The van der Waals surface area contributed by atoms with Crippen LogP contribution in [-0.2, 0) is 14.8 Å². The van der Waals surface area contributed by atoms with E-state index in [1.165, 1.54) is 36.6 Å². The Bertz CT molecular complexity index is 1400. The fourth-order valence-corrected chi connectivity index (χ4v) is 6.03. The predicted octanol–water partition coefficient (Wildman–Crippen LogP) is 4.99. The minimum Gasteiger partial charge on any atom is -0.495 e. The number of anilines is 1. The van der Waals surface area contributed by atoms with Crippen molar-refractivity contribution >= 4 is 45.4 Å². The fraction of sp³-hybridized carbons (Fsp3) is 0.280. The number of nitrogens with one attached hydrogen (secondary N) is 1. The third-order valence-electron chi connectivity index (χ3n) is 5.99. The summed E-state index contributed by atoms with van der Waals surface area (Å²) in [5.74, 6) is -0.483. The van der Waals surface area contributed by atoms with Crippen LogP contribution < -0.4 is 10.1 Å². The first kappa shape index (κ1) is 25.9. The maximum Gasteiger partial charge on any atom is 0.248 e. The Balaban J connectivity index is 1.44. The van der Waals surface area contributed by atoms with Crippen LogP contribution in [0.25, 0.3) is 12.2 Å². The monoisotopic (exact) mass is 533 g/mol. The summed E-state index contributed by atoms with van der Waals surface area (Å²) < 4.78 is 52.5. The first-order valence-corrected chi connectivity index (χ1v) is 13.1. The predicted molar refractivity (Wildman–Crippen MR) is 135 cm³/mol. The second kappa shape index (κ2) is 10.8. The van der Waals surface area contributed by atoms with Gasteiger partial charge in [0.25, 0.3) is 0 Å². The summed E-state index contributed by atoms with van der Waals surface area (Å²) in [6, 6.07) is 11.1. The summed E-state index contributed by atoms with van der Waals surface area (Å²) in [5, 5.41) is 7.02. The molecule has 4 rings (SSSR count). The standard InChI is InChI=1S/C25H25ClFN3O5S/c1-16-24(23(35-29-16)9-7-17-5-3-4-6-21(17)27)36(32,33)30-13-11-18(12-14-30)25(31)28-19-8-10-22(34-2)20(26)15-19/h3-10,15,18H,11-14H2,1-2H3,(H,28,31)/b9-7+. The summed E-state index contributed by atoms with van der Waals surface area (Å²) >= 11 is 6.12. The molecule has 2 aromatic carbocycles. The quantitative estimate of drug-likeness (QED) is 0.459. The summed E-state index contributed by atoms with van der Waals surface area (Å²) in [4.78, 5) is 12.7. The molecule has 0 spiro atoms. The van der Waals surface area contributed by atoms with Gasteiger partial charge >= 0.3 is 0 Å². The van der Waals surface area contributed by atoms with Gasteiger partial charge in [0.05, 0.1) is 12.1 Å². The van der Waals surface area contributed by atoms with Crippen LogP contribution in [0.1, 0.15) is 29.9 Å². The molecule has 1 N–H and O–H groups in total. The highest BCUT2D eigenvalue weighted by Crippen LogP contribution is 2.31. The van der Waals surface area contributed by atoms with Crippen LogP contribution in [0.2, 0.25) is 5.02 Å². The van der Waals surface area contributed by atoms with Gasteiger partial charge in [-0.25, -0.2) is 12.8 Å². The Morgan fingerprint density at radius 1 is 1.22 bits per heavy atom. The van der Waals surface area contributed by atoms with Crippen molar-refractivity contribution in [3.05, 3.63) is 70.3 Å². The zero-order chi connectivity index (χ0) is 25.9. The van der Waals surface area contributed by atoms with Crippen LogP contribution in [0.4, 0.5) is 10.1 Å². The van der Waals surface area contributed by atoms with Crippen molar-refractivity contribution in [1.82, 2.24) is 9.46 Å². The highest BCUT2D eigenvalue weighted by atomic mass is 35.5. The molecule has 36 heavy (non-hydrogen) atoms. The SMILES string of the molecule is COc1ccc(NC(=O)C2CCN(S(=O)(=O)c3c(C)noc3/C=C/c3ccccc3F)CC2)cc1Cl. The number of carbonyl (C=O) groups is 1. The van der Waals surface area contributed by atoms with Gasteiger partial charge < -0.3 is 14.6 Å². The maximum absolute atomic E-state index is 13.9. The van der Waals surface area contributed by atoms with E-state index < -0.39 is 15.8 Å². The molecule has 0 radical (unpaired) electrons. The molecule has 1 fully saturated rings. The topological polar surface area (TPSA) is 102 Å². The van der Waals surface area contributed by atoms with E-state index in [0.29, 0.717) is 34.9 Å². The van der Waals surface area contributed by atoms with Gasteiger partial charge in [0.2, 0.25) is 15.9 Å². The molecule has 1 amide bonds. The molecule has 0 saturated carbocycles. The van der Waals surface area contributed by atoms with E-state index in [-0.39, 0.29) is 41.3 Å². The summed E-state index contributed by atoms with van der Waals surface area (Å²) in [6.45, 7) is 1.85. The molecule has 3 aromatic rings. The Morgan fingerprint density at radius 3 is 2.61 bits per heavy atom. The average Bonchev–Trinajstić information content (AvgIpc) is 3.24. The van der Waals surface area contributed by atoms with Crippen molar-refractivity contribution in [2.75, 3.05) is 25.5 Å². The van der Waals surface area contributed by atoms with Crippen LogP contribution in [0.5, 0.6) is 5.75 Å². The number of methoxy groups -OCH3 is 1. The lowest BCUT2D eigenvalue weighted by molar-refractivity contribution is -0.120. The number of nitrogens with zero attached hydrogens (tertiary/aromatic N) is 2. The van der Waals surface area contributed by atoms with Gasteiger partial charge in [0, 0.05) is 30.3 Å². The molecule has 190 valence electrons. The molecule has 0 atom stereocenters. The molecule has 1 aliphatic rings. The second-order valence-electron chi connectivity index (χ2n) is 8.33. The van der Waals surface area contributed by atoms with E-state index in [0.717, 1.165) is 0 Å². The number of ether oxygens (including phenoxy) is 1. The number of aromatic nitrogens is 1. The van der Waals surface area contributed by atoms with Gasteiger partial charge in [-0.1, -0.05) is 35.0 Å². The highest BCUT2D eigenvalue weighted by molar-refractivity contribution is 7.89. The molecular formula is C25H25ClFN3O5S. The minimum atomic E-state index is -3.95. The van der Waals surface area contributed by atoms with E-state index >= 15 is 0 Å². The number of piperidine rings is 1. The first-order valence-electron chi connectivity index (χ1n) is 11.2. The number of sulfonamides is 1. The number of rotatable bonds is 7. The number of hydrogen-bond acceptors (Lipinski definition) is 6. The van der Waals surface area contributed by atoms with Gasteiger partial charge in [-0.3, -0.25) is 4.79 Å². The highest BCUT2D eigenvalue weighted by Gasteiger charge is 2.36. The molecule has 2 heterocycles. The van der Waals surface area contributed by atoms with E-state index in [9.17, 15) is 17.6 Å². The van der Waals surface area contributed by atoms with Gasteiger partial charge in [-0.15, -0.1) is 0 Å². The van der Waals surface area contributed by atoms with E-state index in [4.69, 9.17) is 20.9 Å². The molecule has 1 saturated heterocycles. The van der Waals surface area contributed by atoms with Crippen molar-refractivity contribution in [2.45, 2.75) is 24.7 Å². The normalized spacial score (nSPS) is 15.3. The number of benzene rings is 2. The van der Waals surface area contributed by atoms with Crippen molar-refractivity contribution in [2.24, 2.45) is 5.92 Å². The van der Waals surface area contributed by atoms with Crippen molar-refractivity contribution < 1.29 is 26.9 Å². The van der Waals surface area contributed by atoms with Crippen LogP contribution in [0.15, 0.2) is 51.9 Å². The molecule has 1 aromatic heterocycles. The van der Waals surface area contributed by atoms with Gasteiger partial charge in [0.1, 0.15) is 17.3 Å². The van der Waals surface area contributed by atoms with Crippen LogP contribution in [0, 0.1) is 18.7 Å². The zero-order valence-corrected chi connectivity index (χ0v) is 21.3. The Hall–Kier alpha value is -3.21. The number of aryl methyl sites for hydroxylation is 1. The van der Waals surface area contributed by atoms with E-state index in [1.54, 1.807) is 36.4 Å². The minimum absolute atomic E-state index is 0.0204. The van der Waals surface area contributed by atoms with Crippen LogP contribution >= 0.6 is 11.6 Å². The first-order chi connectivity index (χ1) is 17.2. The Labute approximate surface area is 213 Å². The van der Waals surface area contributed by atoms with E-state index in [1.807, 2.05) is 0 Å². The van der Waals surface area contributed by atoms with Crippen LogP contribution in [-0.4, -0.2) is 44.0 Å². The van der Waals surface area contributed by atoms with Crippen molar-refractivity contribution in [1.29, 1.82) is 0 Å². The van der Waals surface area contributed by atoms with E-state index in [2.05, 4.69) is 10.5 Å². The maximum atomic E-state index is 13.9. The van der Waals surface area contributed by atoms with Gasteiger partial charge in [0.15, 0.2) is 10.7 Å². The third kappa shape index (κ3) is 5.45. The Morgan fingerprint density at radius 2 is 1.94 bits per heavy atom. The molecule has 11 heteroatoms. The Kier molecular flexibility index (Phi) is 7.77. The number of carbonyl (C=O) groups excluding carboxylic acids is 1. The molecule has 0 unspecified atom stereocenters. The lowest BCUT2D eigenvalue weighted by atomic mass is 9.97. The average molecular weight is 534 g/mol. The fourth-order valence-electron chi connectivity index (χ4n) is 4.05. The molecular weight excluding hydrogens is 509 g/mol. The smallest absolute Gasteiger partial charge is 0.248 e. The van der Waals surface area contributed by atoms with Crippen LogP contribution in [0.3, 0.4) is 0 Å². The second-order valence-corrected chi connectivity index (χ2v) is 10.6. The van der Waals surface area contributed by atoms with Gasteiger partial charge in [-0.2, -0.15) is 4.31 Å². The van der Waals surface area contributed by atoms with Crippen molar-refractivity contribution in [3.8, 4) is 5.75 Å². The number of amides is 1. The summed E-state index contributed by atoms with van der Waals surface area (Å²) in [5.41, 5.74) is 1.03. The largest absolute Gasteiger partial charge is 0.495 e. The molecule has 8 nitrogen and oxygen atoms in total.